The quantitative estimate of drug-likeness (QED) is 0.106. The Kier molecular flexibility index (Phi) is 14.4. The minimum atomic E-state index is -4.94. The predicted octanol–water partition coefficient (Wildman–Crippen LogP) is -3.17. The summed E-state index contributed by atoms with van der Waals surface area (Å²) < 4.78 is 21.9. The van der Waals surface area contributed by atoms with Gasteiger partial charge in [-0.25, -0.2) is 0 Å². The fraction of sp³-hybridized carbons (Fsp3) is 1.00. The van der Waals surface area contributed by atoms with Crippen molar-refractivity contribution in [1.29, 1.82) is 0 Å². The van der Waals surface area contributed by atoms with Gasteiger partial charge in [-0.1, -0.05) is 0 Å². The van der Waals surface area contributed by atoms with Gasteiger partial charge in [0.2, 0.25) is 0 Å². The molecular weight excluding hydrogens is 432 g/mol. The van der Waals surface area contributed by atoms with Gasteiger partial charge in [-0.15, -0.1) is 0 Å². The number of aliphatic hydroxyl groups excluding tert-OH is 8. The van der Waals surface area contributed by atoms with Crippen molar-refractivity contribution in [1.82, 2.24) is 0 Å². The van der Waals surface area contributed by atoms with Crippen LogP contribution in [0.15, 0.2) is 0 Å². The molecule has 0 aliphatic heterocycles. The monoisotopic (exact) mass is 468 g/mol. The van der Waals surface area contributed by atoms with Crippen LogP contribution < -0.4 is 0 Å². The molecule has 8 atom stereocenters. The Hall–Kier alpha value is 0.234. The van der Waals surface area contributed by atoms with Crippen molar-refractivity contribution in [2.24, 2.45) is 0 Å². The molecule has 0 aromatic heterocycles. The first-order valence-corrected chi connectivity index (χ1v) is 11.9. The van der Waals surface area contributed by atoms with E-state index in [1.54, 1.807) is 0 Å². The van der Waals surface area contributed by atoms with Gasteiger partial charge in [0.05, 0.1) is 0 Å². The van der Waals surface area contributed by atoms with Gasteiger partial charge in [0.15, 0.2) is 0 Å². The van der Waals surface area contributed by atoms with E-state index in [0.29, 0.717) is 0 Å². The molecule has 0 aromatic rings. The Bertz CT molecular complexity index is 345. The standard InChI is InChI=1S/4C4H9O3.Ti/c4*1-3(6)4(7)2-5;/h4*3-4,6-7H,2H2,1H3;/q4*-1;+4. The van der Waals surface area contributed by atoms with Crippen LogP contribution in [0.1, 0.15) is 27.7 Å². The van der Waals surface area contributed by atoms with Crippen molar-refractivity contribution in [3.63, 3.8) is 0 Å². The van der Waals surface area contributed by atoms with Crippen LogP contribution >= 0.6 is 0 Å². The van der Waals surface area contributed by atoms with Crippen LogP contribution in [0.25, 0.3) is 0 Å². The van der Waals surface area contributed by atoms with Gasteiger partial charge in [0.1, 0.15) is 0 Å². The Balaban J connectivity index is 5.47. The second kappa shape index (κ2) is 14.3. The molecule has 13 heteroatoms. The summed E-state index contributed by atoms with van der Waals surface area (Å²) in [6.07, 6.45) is -10.0. The van der Waals surface area contributed by atoms with Crippen molar-refractivity contribution >= 4 is 0 Å². The van der Waals surface area contributed by atoms with E-state index < -0.39 is 93.4 Å². The SMILES string of the molecule is CC(O)C(O)C[O][Ti]([O]CC(O)C(C)O)([O]CC(O)C(C)O)[O]CC(O)C(C)O. The second-order valence-corrected chi connectivity index (χ2v) is 10.3. The Labute approximate surface area is 175 Å². The molecule has 0 aliphatic rings. The Morgan fingerprint density at radius 1 is 0.448 bits per heavy atom. The van der Waals surface area contributed by atoms with Crippen molar-refractivity contribution in [3.05, 3.63) is 0 Å². The summed E-state index contributed by atoms with van der Waals surface area (Å²) in [5.41, 5.74) is 0. The molecule has 8 N–H and O–H groups in total. The van der Waals surface area contributed by atoms with Gasteiger partial charge in [-0.3, -0.25) is 0 Å². The molecule has 0 bridgehead atoms. The summed E-state index contributed by atoms with van der Waals surface area (Å²) in [6.45, 7) is 3.26. The zero-order valence-electron chi connectivity index (χ0n) is 17.2. The van der Waals surface area contributed by atoms with Crippen LogP contribution in [0.2, 0.25) is 0 Å². The van der Waals surface area contributed by atoms with E-state index in [4.69, 9.17) is 13.3 Å². The van der Waals surface area contributed by atoms with Crippen molar-refractivity contribution in [3.8, 4) is 0 Å². The summed E-state index contributed by atoms with van der Waals surface area (Å²) in [7, 11) is 0. The maximum atomic E-state index is 9.81. The van der Waals surface area contributed by atoms with Crippen LogP contribution in [0.3, 0.4) is 0 Å². The second-order valence-electron chi connectivity index (χ2n) is 6.98. The summed E-state index contributed by atoms with van der Waals surface area (Å²) in [5, 5.41) is 77.0. The third kappa shape index (κ3) is 12.0. The molecule has 0 heterocycles. The molecule has 176 valence electrons. The Morgan fingerprint density at radius 2 is 0.621 bits per heavy atom. The molecule has 0 fully saturated rings. The third-order valence-electron chi connectivity index (χ3n) is 3.95. The number of hydrogen-bond donors (Lipinski definition) is 8. The van der Waals surface area contributed by atoms with E-state index >= 15 is 0 Å². The first-order valence-electron chi connectivity index (χ1n) is 9.31. The molecule has 8 unspecified atom stereocenters. The van der Waals surface area contributed by atoms with Gasteiger partial charge in [-0.2, -0.15) is 0 Å². The predicted molar refractivity (Wildman–Crippen MR) is 94.6 cm³/mol. The summed E-state index contributed by atoms with van der Waals surface area (Å²) in [4.78, 5) is 0. The van der Waals surface area contributed by atoms with Gasteiger partial charge in [-0.05, 0) is 0 Å². The zero-order valence-corrected chi connectivity index (χ0v) is 18.7. The molecule has 0 aromatic carbocycles. The third-order valence-corrected chi connectivity index (χ3v) is 7.20. The van der Waals surface area contributed by atoms with Gasteiger partial charge in [0.25, 0.3) is 0 Å². The van der Waals surface area contributed by atoms with Gasteiger partial charge >= 0.3 is 175 Å². The molecule has 29 heavy (non-hydrogen) atoms. The summed E-state index contributed by atoms with van der Waals surface area (Å²) in [6, 6.07) is 0. The van der Waals surface area contributed by atoms with Crippen molar-refractivity contribution < 1.29 is 72.3 Å². The molecule has 0 radical (unpaired) electrons. The fourth-order valence-corrected chi connectivity index (χ4v) is 4.68. The van der Waals surface area contributed by atoms with Crippen molar-refractivity contribution in [2.75, 3.05) is 26.4 Å². The van der Waals surface area contributed by atoms with E-state index in [1.165, 1.54) is 27.7 Å². The molecule has 0 aliphatic carbocycles. The van der Waals surface area contributed by atoms with Crippen molar-refractivity contribution in [2.45, 2.75) is 76.5 Å². The first kappa shape index (κ1) is 29.2. The van der Waals surface area contributed by atoms with Crippen LogP contribution in [0, 0.1) is 0 Å². The molecule has 12 nitrogen and oxygen atoms in total. The number of hydrogen-bond acceptors (Lipinski definition) is 12. The normalized spacial score (nSPS) is 22.8. The van der Waals surface area contributed by atoms with Crippen LogP contribution in [-0.4, -0.2) is 116 Å². The minimum absolute atomic E-state index is 0.502. The topological polar surface area (TPSA) is 199 Å². The molecule has 0 saturated heterocycles. The van der Waals surface area contributed by atoms with E-state index in [2.05, 4.69) is 0 Å². The van der Waals surface area contributed by atoms with Crippen LogP contribution in [0.4, 0.5) is 0 Å². The maximum absolute atomic E-state index is 9.81. The van der Waals surface area contributed by atoms with Crippen LogP contribution in [0.5, 0.6) is 0 Å². The van der Waals surface area contributed by atoms with E-state index in [-0.39, 0.29) is 0 Å². The van der Waals surface area contributed by atoms with E-state index in [0.717, 1.165) is 0 Å². The average molecular weight is 468 g/mol. The van der Waals surface area contributed by atoms with E-state index in [9.17, 15) is 40.9 Å². The zero-order chi connectivity index (χ0) is 22.8. The summed E-state index contributed by atoms with van der Waals surface area (Å²) >= 11 is -4.94. The van der Waals surface area contributed by atoms with E-state index in [1.807, 2.05) is 0 Å². The molecular formula is C16H36O12Ti. The fourth-order valence-electron chi connectivity index (χ4n) is 1.56. The molecule has 0 amide bonds. The van der Waals surface area contributed by atoms with Crippen LogP contribution in [-0.2, 0) is 31.4 Å². The number of rotatable bonds is 16. The molecule has 0 rings (SSSR count). The Morgan fingerprint density at radius 3 is 0.759 bits per heavy atom. The van der Waals surface area contributed by atoms with Gasteiger partial charge in [0, 0.05) is 0 Å². The summed E-state index contributed by atoms with van der Waals surface area (Å²) in [5.74, 6) is 0. The molecule has 0 spiro atoms. The molecule has 0 saturated carbocycles. The first-order chi connectivity index (χ1) is 13.3. The average Bonchev–Trinajstić information content (AvgIpc) is 2.64. The number of aliphatic hydroxyl groups is 8. The van der Waals surface area contributed by atoms with Gasteiger partial charge < -0.3 is 0 Å².